The first-order valence-electron chi connectivity index (χ1n) is 6.06. The van der Waals surface area contributed by atoms with Gasteiger partial charge in [0, 0.05) is 11.7 Å². The van der Waals surface area contributed by atoms with Gasteiger partial charge in [0.15, 0.2) is 0 Å². The quantitative estimate of drug-likeness (QED) is 0.738. The third-order valence-electron chi connectivity index (χ3n) is 3.11. The highest BCUT2D eigenvalue weighted by atomic mass is 19.4. The monoisotopic (exact) mass is 247 g/mol. The highest BCUT2D eigenvalue weighted by Crippen LogP contribution is 2.37. The van der Waals surface area contributed by atoms with Crippen molar-refractivity contribution in [3.05, 3.63) is 23.9 Å². The van der Waals surface area contributed by atoms with Crippen LogP contribution < -0.4 is 5.32 Å². The van der Waals surface area contributed by atoms with Gasteiger partial charge in [0.2, 0.25) is 0 Å². The molecule has 0 radical (unpaired) electrons. The lowest BCUT2D eigenvalue weighted by Crippen LogP contribution is -2.38. The highest BCUT2D eigenvalue weighted by Gasteiger charge is 2.42. The van der Waals surface area contributed by atoms with Crippen LogP contribution in [0, 0.1) is 5.92 Å². The second-order valence-electron chi connectivity index (χ2n) is 4.62. The number of allylic oxidation sites excluding steroid dienone is 4. The topological polar surface area (TPSA) is 12.0 Å². The van der Waals surface area contributed by atoms with Crippen LogP contribution in [0.25, 0.3) is 0 Å². The van der Waals surface area contributed by atoms with Gasteiger partial charge in [0.1, 0.15) is 0 Å². The van der Waals surface area contributed by atoms with Gasteiger partial charge in [0.25, 0.3) is 0 Å². The largest absolute Gasteiger partial charge is 0.391 e. The standard InChI is InChI=1S/C13H20F3N/c1-3-4-6-10(2)17-12-8-5-7-11(9-12)13(14,15)16/h3-4,6,11-12,17H,5,7-9H2,1-2H3/b4-3-,10-6+. The van der Waals surface area contributed by atoms with E-state index in [0.717, 1.165) is 12.1 Å². The Labute approximate surface area is 101 Å². The minimum Gasteiger partial charge on any atom is -0.386 e. The van der Waals surface area contributed by atoms with E-state index in [4.69, 9.17) is 0 Å². The van der Waals surface area contributed by atoms with Gasteiger partial charge in [-0.3, -0.25) is 0 Å². The summed E-state index contributed by atoms with van der Waals surface area (Å²) in [6.07, 6.45) is 3.58. The Balaban J connectivity index is 2.50. The molecule has 0 heterocycles. The van der Waals surface area contributed by atoms with Crippen LogP contribution in [0.15, 0.2) is 23.9 Å². The van der Waals surface area contributed by atoms with Crippen molar-refractivity contribution in [2.75, 3.05) is 0 Å². The molecular formula is C13H20F3N. The first-order chi connectivity index (χ1) is 7.93. The molecule has 1 N–H and O–H groups in total. The maximum atomic E-state index is 12.6. The van der Waals surface area contributed by atoms with E-state index >= 15 is 0 Å². The number of halogens is 3. The summed E-state index contributed by atoms with van der Waals surface area (Å²) >= 11 is 0. The van der Waals surface area contributed by atoms with Gasteiger partial charge in [-0.25, -0.2) is 0 Å². The molecule has 4 heteroatoms. The van der Waals surface area contributed by atoms with E-state index in [-0.39, 0.29) is 18.9 Å². The molecule has 17 heavy (non-hydrogen) atoms. The Bertz CT molecular complexity index is 292. The SMILES string of the molecule is C/C=C\C=C(/C)NC1CCCC(C(F)(F)F)C1. The highest BCUT2D eigenvalue weighted by molar-refractivity contribution is 5.09. The number of alkyl halides is 3. The first-order valence-corrected chi connectivity index (χ1v) is 6.06. The van der Waals surface area contributed by atoms with Crippen LogP contribution in [-0.4, -0.2) is 12.2 Å². The molecule has 1 rings (SSSR count). The Kier molecular flexibility index (Phi) is 5.09. The van der Waals surface area contributed by atoms with Gasteiger partial charge in [-0.15, -0.1) is 0 Å². The van der Waals surface area contributed by atoms with Gasteiger partial charge in [0.05, 0.1) is 5.92 Å². The van der Waals surface area contributed by atoms with E-state index in [1.807, 2.05) is 32.1 Å². The Morgan fingerprint density at radius 1 is 1.29 bits per heavy atom. The van der Waals surface area contributed by atoms with E-state index < -0.39 is 12.1 Å². The minimum atomic E-state index is -4.04. The third kappa shape index (κ3) is 4.84. The molecule has 1 fully saturated rings. The molecule has 0 saturated heterocycles. The Hall–Kier alpha value is -0.930. The van der Waals surface area contributed by atoms with Gasteiger partial charge in [-0.1, -0.05) is 18.6 Å². The fraction of sp³-hybridized carbons (Fsp3) is 0.692. The van der Waals surface area contributed by atoms with Crippen molar-refractivity contribution in [3.63, 3.8) is 0 Å². The second-order valence-corrected chi connectivity index (χ2v) is 4.62. The summed E-state index contributed by atoms with van der Waals surface area (Å²) in [5.74, 6) is -1.14. The van der Waals surface area contributed by atoms with E-state index in [1.54, 1.807) is 0 Å². The van der Waals surface area contributed by atoms with Crippen LogP contribution in [-0.2, 0) is 0 Å². The van der Waals surface area contributed by atoms with Crippen LogP contribution in [0.1, 0.15) is 39.5 Å². The summed E-state index contributed by atoms with van der Waals surface area (Å²) < 4.78 is 37.8. The Morgan fingerprint density at radius 2 is 2.00 bits per heavy atom. The van der Waals surface area contributed by atoms with Crippen LogP contribution in [0.3, 0.4) is 0 Å². The predicted molar refractivity (Wildman–Crippen MR) is 63.5 cm³/mol. The van der Waals surface area contributed by atoms with Crippen molar-refractivity contribution in [1.82, 2.24) is 5.32 Å². The van der Waals surface area contributed by atoms with E-state index in [0.29, 0.717) is 6.42 Å². The lowest BCUT2D eigenvalue weighted by Gasteiger charge is -2.31. The van der Waals surface area contributed by atoms with Gasteiger partial charge >= 0.3 is 6.18 Å². The zero-order valence-electron chi connectivity index (χ0n) is 10.3. The first kappa shape index (κ1) is 14.1. The van der Waals surface area contributed by atoms with E-state index in [2.05, 4.69) is 5.32 Å². The van der Waals surface area contributed by atoms with Crippen LogP contribution in [0.5, 0.6) is 0 Å². The predicted octanol–water partition coefficient (Wildman–Crippen LogP) is 4.18. The van der Waals surface area contributed by atoms with Gasteiger partial charge < -0.3 is 5.32 Å². The lowest BCUT2D eigenvalue weighted by molar-refractivity contribution is -0.183. The fourth-order valence-corrected chi connectivity index (χ4v) is 2.23. The van der Waals surface area contributed by atoms with Gasteiger partial charge in [-0.2, -0.15) is 13.2 Å². The fourth-order valence-electron chi connectivity index (χ4n) is 2.23. The summed E-state index contributed by atoms with van der Waals surface area (Å²) in [6.45, 7) is 3.79. The van der Waals surface area contributed by atoms with Crippen molar-refractivity contribution < 1.29 is 13.2 Å². The van der Waals surface area contributed by atoms with E-state index in [1.165, 1.54) is 0 Å². The molecule has 1 saturated carbocycles. The van der Waals surface area contributed by atoms with Gasteiger partial charge in [-0.05, 0) is 39.2 Å². The molecule has 0 bridgehead atoms. The molecule has 1 aliphatic carbocycles. The summed E-state index contributed by atoms with van der Waals surface area (Å²) in [6, 6.07) is -0.0446. The third-order valence-corrected chi connectivity index (χ3v) is 3.11. The van der Waals surface area contributed by atoms with Crippen LogP contribution in [0.2, 0.25) is 0 Å². The maximum Gasteiger partial charge on any atom is 0.391 e. The number of nitrogens with one attached hydrogen (secondary N) is 1. The molecule has 0 aromatic rings. The van der Waals surface area contributed by atoms with Crippen molar-refractivity contribution in [2.45, 2.75) is 51.7 Å². The average Bonchev–Trinajstić information content (AvgIpc) is 2.25. The number of hydrogen-bond acceptors (Lipinski definition) is 1. The summed E-state index contributed by atoms with van der Waals surface area (Å²) in [5.41, 5.74) is 0.927. The molecule has 2 unspecified atom stereocenters. The molecule has 0 aromatic heterocycles. The zero-order valence-corrected chi connectivity index (χ0v) is 10.3. The zero-order chi connectivity index (χ0) is 12.9. The van der Waals surface area contributed by atoms with Crippen LogP contribution >= 0.6 is 0 Å². The molecular weight excluding hydrogens is 227 g/mol. The second kappa shape index (κ2) is 6.12. The van der Waals surface area contributed by atoms with Crippen molar-refractivity contribution >= 4 is 0 Å². The molecule has 1 aliphatic rings. The molecule has 0 spiro atoms. The van der Waals surface area contributed by atoms with E-state index in [9.17, 15) is 13.2 Å². The summed E-state index contributed by atoms with van der Waals surface area (Å²) in [7, 11) is 0. The molecule has 2 atom stereocenters. The Morgan fingerprint density at radius 3 is 2.59 bits per heavy atom. The summed E-state index contributed by atoms with van der Waals surface area (Å²) in [5, 5.41) is 3.17. The molecule has 98 valence electrons. The molecule has 1 nitrogen and oxygen atoms in total. The van der Waals surface area contributed by atoms with Crippen molar-refractivity contribution in [2.24, 2.45) is 5.92 Å². The summed E-state index contributed by atoms with van der Waals surface area (Å²) in [4.78, 5) is 0. The van der Waals surface area contributed by atoms with Crippen LogP contribution in [0.4, 0.5) is 13.2 Å². The minimum absolute atomic E-state index is 0.0446. The lowest BCUT2D eigenvalue weighted by atomic mass is 9.85. The average molecular weight is 247 g/mol. The maximum absolute atomic E-state index is 12.6. The molecule has 0 aromatic carbocycles. The number of rotatable bonds is 3. The molecule has 0 amide bonds. The molecule has 0 aliphatic heterocycles. The van der Waals surface area contributed by atoms with Crippen molar-refractivity contribution in [3.8, 4) is 0 Å². The smallest absolute Gasteiger partial charge is 0.386 e. The van der Waals surface area contributed by atoms with Crippen molar-refractivity contribution in [1.29, 1.82) is 0 Å². The number of hydrogen-bond donors (Lipinski definition) is 1. The normalized spacial score (nSPS) is 27.5.